The van der Waals surface area contributed by atoms with Gasteiger partial charge in [0, 0.05) is 6.42 Å². The molecule has 0 aliphatic carbocycles. The largest absolute Gasteiger partial charge is 0.382 e. The summed E-state index contributed by atoms with van der Waals surface area (Å²) in [7, 11) is 0. The van der Waals surface area contributed by atoms with Crippen molar-refractivity contribution in [3.8, 4) is 0 Å². The lowest BCUT2D eigenvalue weighted by Crippen LogP contribution is -2.37. The van der Waals surface area contributed by atoms with Gasteiger partial charge in [-0.05, 0) is 52.0 Å². The topological polar surface area (TPSA) is 63.3 Å². The number of nitrogens with two attached hydrogens (primary N) is 1. The summed E-state index contributed by atoms with van der Waals surface area (Å²) in [5.41, 5.74) is 3.90. The van der Waals surface area contributed by atoms with Gasteiger partial charge in [0.1, 0.15) is 5.60 Å². The summed E-state index contributed by atoms with van der Waals surface area (Å²) in [6.45, 7) is 6.11. The Bertz CT molecular complexity index is 337. The predicted molar refractivity (Wildman–Crippen MR) is 108 cm³/mol. The average Bonchev–Trinajstić information content (AvgIpc) is 2.58. The van der Waals surface area contributed by atoms with Crippen molar-refractivity contribution < 1.29 is 9.90 Å². The minimum absolute atomic E-state index is 0.171. The highest BCUT2D eigenvalue weighted by molar-refractivity contribution is 5.87. The Morgan fingerprint density at radius 1 is 0.920 bits per heavy atom. The number of hydrogen-bond acceptors (Lipinski definition) is 3. The SMILES string of the molecule is [CH2]C(O)(CCN)C(=O)CCCCCCC/C=C\CCCCCCCC. The van der Waals surface area contributed by atoms with Crippen molar-refractivity contribution in [2.45, 2.75) is 109 Å². The smallest absolute Gasteiger partial charge is 0.164 e. The third kappa shape index (κ3) is 15.3. The van der Waals surface area contributed by atoms with E-state index < -0.39 is 5.60 Å². The third-order valence-electron chi connectivity index (χ3n) is 4.74. The van der Waals surface area contributed by atoms with Gasteiger partial charge in [0.25, 0.3) is 0 Å². The number of carbonyl (C=O) groups is 1. The quantitative estimate of drug-likeness (QED) is 0.253. The summed E-state index contributed by atoms with van der Waals surface area (Å²) < 4.78 is 0. The lowest BCUT2D eigenvalue weighted by atomic mass is 9.93. The summed E-state index contributed by atoms with van der Waals surface area (Å²) in [5.74, 6) is -0.171. The van der Waals surface area contributed by atoms with Crippen LogP contribution in [0.4, 0.5) is 0 Å². The van der Waals surface area contributed by atoms with Gasteiger partial charge in [0.2, 0.25) is 0 Å². The van der Waals surface area contributed by atoms with Gasteiger partial charge in [-0.1, -0.05) is 70.4 Å². The minimum atomic E-state index is -1.48. The van der Waals surface area contributed by atoms with Crippen LogP contribution in [0.3, 0.4) is 0 Å². The average molecular weight is 353 g/mol. The van der Waals surface area contributed by atoms with Crippen LogP contribution in [0, 0.1) is 6.92 Å². The molecule has 0 rings (SSSR count). The zero-order valence-corrected chi connectivity index (χ0v) is 16.6. The van der Waals surface area contributed by atoms with E-state index in [9.17, 15) is 9.90 Å². The minimum Gasteiger partial charge on any atom is -0.382 e. The van der Waals surface area contributed by atoms with Crippen LogP contribution in [0.15, 0.2) is 12.2 Å². The number of hydrogen-bond donors (Lipinski definition) is 2. The van der Waals surface area contributed by atoms with Crippen LogP contribution >= 0.6 is 0 Å². The maximum absolute atomic E-state index is 11.8. The van der Waals surface area contributed by atoms with Gasteiger partial charge < -0.3 is 10.8 Å². The Labute approximate surface area is 156 Å². The van der Waals surface area contributed by atoms with Gasteiger partial charge in [-0.3, -0.25) is 4.79 Å². The number of Topliss-reactive ketones (excluding diaryl/α,β-unsaturated/α-hetero) is 1. The van der Waals surface area contributed by atoms with E-state index in [0.717, 1.165) is 19.3 Å². The first-order valence-electron chi connectivity index (χ1n) is 10.5. The molecule has 0 amide bonds. The van der Waals surface area contributed by atoms with Crippen LogP contribution in [0.5, 0.6) is 0 Å². The van der Waals surface area contributed by atoms with E-state index >= 15 is 0 Å². The molecule has 0 aromatic carbocycles. The first-order valence-corrected chi connectivity index (χ1v) is 10.5. The van der Waals surface area contributed by atoms with Crippen LogP contribution < -0.4 is 5.73 Å². The summed E-state index contributed by atoms with van der Waals surface area (Å²) in [6, 6.07) is 0. The number of unbranched alkanes of at least 4 members (excludes halogenated alkanes) is 11. The standard InChI is InChI=1S/C22H42NO2/c1-3-4-5-6-7-8-9-10-11-12-13-14-15-16-17-18-21(24)22(2,25)19-20-23/h10-11,25H,2-9,12-20,23H2,1H3/b11-10-. The molecule has 0 bridgehead atoms. The molecule has 0 aliphatic rings. The Morgan fingerprint density at radius 3 is 1.92 bits per heavy atom. The zero-order valence-electron chi connectivity index (χ0n) is 16.6. The maximum Gasteiger partial charge on any atom is 0.164 e. The summed E-state index contributed by atoms with van der Waals surface area (Å²) in [6.07, 6.45) is 21.4. The number of allylic oxidation sites excluding steroid dienone is 2. The van der Waals surface area contributed by atoms with Crippen molar-refractivity contribution in [1.29, 1.82) is 0 Å². The summed E-state index contributed by atoms with van der Waals surface area (Å²) >= 11 is 0. The highest BCUT2D eigenvalue weighted by Gasteiger charge is 2.28. The van der Waals surface area contributed by atoms with E-state index in [2.05, 4.69) is 26.0 Å². The lowest BCUT2D eigenvalue weighted by molar-refractivity contribution is -0.133. The Morgan fingerprint density at radius 2 is 1.40 bits per heavy atom. The van der Waals surface area contributed by atoms with Crippen LogP contribution in [0.25, 0.3) is 0 Å². The zero-order chi connectivity index (χ0) is 18.8. The summed E-state index contributed by atoms with van der Waals surface area (Å²) in [5, 5.41) is 9.85. The molecule has 0 aromatic rings. The molecule has 0 saturated carbocycles. The molecule has 1 unspecified atom stereocenters. The van der Waals surface area contributed by atoms with E-state index in [1.54, 1.807) is 0 Å². The molecule has 3 heteroatoms. The van der Waals surface area contributed by atoms with Crippen LogP contribution in [0.2, 0.25) is 0 Å². The third-order valence-corrected chi connectivity index (χ3v) is 4.74. The first-order chi connectivity index (χ1) is 12.0. The molecule has 147 valence electrons. The van der Waals surface area contributed by atoms with Crippen LogP contribution in [-0.2, 0) is 4.79 Å². The van der Waals surface area contributed by atoms with Crippen LogP contribution in [-0.4, -0.2) is 23.0 Å². The number of ketones is 1. The molecule has 25 heavy (non-hydrogen) atoms. The van der Waals surface area contributed by atoms with Gasteiger partial charge >= 0.3 is 0 Å². The summed E-state index contributed by atoms with van der Waals surface area (Å²) in [4.78, 5) is 11.8. The van der Waals surface area contributed by atoms with Crippen molar-refractivity contribution in [2.24, 2.45) is 5.73 Å². The molecule has 0 spiro atoms. The van der Waals surface area contributed by atoms with Crippen molar-refractivity contribution in [3.05, 3.63) is 19.1 Å². The van der Waals surface area contributed by atoms with E-state index in [0.29, 0.717) is 6.42 Å². The molecule has 1 radical (unpaired) electrons. The Hall–Kier alpha value is -0.670. The predicted octanol–water partition coefficient (Wildman–Crippen LogP) is 5.51. The second kappa shape index (κ2) is 16.8. The van der Waals surface area contributed by atoms with Gasteiger partial charge in [0.15, 0.2) is 5.78 Å². The second-order valence-electron chi connectivity index (χ2n) is 7.33. The Balaban J connectivity index is 3.36. The fourth-order valence-electron chi connectivity index (χ4n) is 2.97. The maximum atomic E-state index is 11.8. The van der Waals surface area contributed by atoms with E-state index in [-0.39, 0.29) is 18.7 Å². The molecular formula is C22H42NO2. The van der Waals surface area contributed by atoms with Crippen molar-refractivity contribution >= 4 is 5.78 Å². The molecule has 0 aromatic heterocycles. The number of rotatable bonds is 18. The van der Waals surface area contributed by atoms with Crippen molar-refractivity contribution in [1.82, 2.24) is 0 Å². The van der Waals surface area contributed by atoms with Gasteiger partial charge in [-0.15, -0.1) is 0 Å². The molecule has 0 aliphatic heterocycles. The number of aliphatic hydroxyl groups is 1. The molecule has 3 nitrogen and oxygen atoms in total. The van der Waals surface area contributed by atoms with Gasteiger partial charge in [0.05, 0.1) is 0 Å². The fourth-order valence-corrected chi connectivity index (χ4v) is 2.97. The second-order valence-corrected chi connectivity index (χ2v) is 7.33. The van der Waals surface area contributed by atoms with E-state index in [4.69, 9.17) is 5.73 Å². The fraction of sp³-hybridized carbons (Fsp3) is 0.818. The number of carbonyl (C=O) groups excluding carboxylic acids is 1. The molecule has 3 N–H and O–H groups in total. The molecule has 0 fully saturated rings. The molecule has 1 atom stereocenters. The van der Waals surface area contributed by atoms with Gasteiger partial charge in [-0.25, -0.2) is 0 Å². The lowest BCUT2D eigenvalue weighted by Gasteiger charge is -2.20. The molecule has 0 saturated heterocycles. The van der Waals surface area contributed by atoms with Crippen LogP contribution in [0.1, 0.15) is 103 Å². The Kier molecular flexibility index (Phi) is 16.3. The van der Waals surface area contributed by atoms with E-state index in [1.807, 2.05) is 0 Å². The molecular weight excluding hydrogens is 310 g/mol. The first kappa shape index (κ1) is 24.3. The highest BCUT2D eigenvalue weighted by atomic mass is 16.3. The monoisotopic (exact) mass is 352 g/mol. The van der Waals surface area contributed by atoms with E-state index in [1.165, 1.54) is 64.2 Å². The van der Waals surface area contributed by atoms with Crippen molar-refractivity contribution in [2.75, 3.05) is 6.54 Å². The van der Waals surface area contributed by atoms with Crippen molar-refractivity contribution in [3.63, 3.8) is 0 Å². The highest BCUT2D eigenvalue weighted by Crippen LogP contribution is 2.15. The molecule has 0 heterocycles. The normalized spacial score (nSPS) is 14.1. The van der Waals surface area contributed by atoms with Gasteiger partial charge in [-0.2, -0.15) is 0 Å².